The Bertz CT molecular complexity index is 403. The van der Waals surface area contributed by atoms with Crippen LogP contribution in [-0.2, 0) is 11.3 Å². The summed E-state index contributed by atoms with van der Waals surface area (Å²) in [4.78, 5) is 5.66. The molecule has 2 fully saturated rings. The molecule has 5 heteroatoms. The van der Waals surface area contributed by atoms with Gasteiger partial charge in [-0.05, 0) is 25.7 Å². The lowest BCUT2D eigenvalue weighted by molar-refractivity contribution is 0.0524. The molecule has 3 atom stereocenters. The molecule has 2 heterocycles. The lowest BCUT2D eigenvalue weighted by Gasteiger charge is -2.33. The number of morpholine rings is 1. The van der Waals surface area contributed by atoms with Crippen LogP contribution in [0.15, 0.2) is 6.20 Å². The van der Waals surface area contributed by atoms with Gasteiger partial charge in [-0.2, -0.15) is 0 Å². The van der Waals surface area contributed by atoms with Crippen LogP contribution in [0.3, 0.4) is 0 Å². The van der Waals surface area contributed by atoms with E-state index in [1.807, 2.05) is 6.20 Å². The van der Waals surface area contributed by atoms with Crippen LogP contribution in [0.1, 0.15) is 29.1 Å². The van der Waals surface area contributed by atoms with E-state index in [2.05, 4.69) is 22.5 Å². The number of nitrogens with one attached hydrogen (secondary N) is 2. The van der Waals surface area contributed by atoms with Gasteiger partial charge in [-0.3, -0.25) is 0 Å². The Morgan fingerprint density at radius 3 is 3.21 bits per heavy atom. The largest absolute Gasteiger partial charge is 0.379 e. The van der Waals surface area contributed by atoms with Crippen molar-refractivity contribution in [2.75, 3.05) is 19.8 Å². The van der Waals surface area contributed by atoms with Gasteiger partial charge in [0.25, 0.3) is 0 Å². The summed E-state index contributed by atoms with van der Waals surface area (Å²) in [5, 5.41) is 8.51. The van der Waals surface area contributed by atoms with Gasteiger partial charge in [0.2, 0.25) is 0 Å². The number of rotatable bonds is 4. The van der Waals surface area contributed by atoms with E-state index in [-0.39, 0.29) is 0 Å². The molecule has 3 rings (SSSR count). The highest BCUT2D eigenvalue weighted by Crippen LogP contribution is 2.29. The minimum Gasteiger partial charge on any atom is -0.379 e. The fourth-order valence-corrected chi connectivity index (χ4v) is 4.05. The average Bonchev–Trinajstić information content (AvgIpc) is 3.06. The number of hydrogen-bond donors (Lipinski definition) is 2. The lowest BCUT2D eigenvalue weighted by atomic mass is 9.94. The summed E-state index contributed by atoms with van der Waals surface area (Å²) in [6.07, 6.45) is 5.95. The van der Waals surface area contributed by atoms with E-state index in [1.165, 1.54) is 24.1 Å². The Labute approximate surface area is 119 Å². The van der Waals surface area contributed by atoms with Gasteiger partial charge in [0.05, 0.1) is 18.2 Å². The topological polar surface area (TPSA) is 46.2 Å². The number of nitrogens with zero attached hydrogens (tertiary/aromatic N) is 1. The first kappa shape index (κ1) is 13.5. The maximum Gasteiger partial charge on any atom is 0.0897 e. The summed E-state index contributed by atoms with van der Waals surface area (Å²) >= 11 is 1.79. The van der Waals surface area contributed by atoms with Gasteiger partial charge in [-0.1, -0.05) is 6.42 Å². The van der Waals surface area contributed by atoms with Crippen molar-refractivity contribution in [3.8, 4) is 0 Å². The molecular weight excluding hydrogens is 258 g/mol. The van der Waals surface area contributed by atoms with E-state index in [0.29, 0.717) is 18.0 Å². The quantitative estimate of drug-likeness (QED) is 0.882. The van der Waals surface area contributed by atoms with Crippen LogP contribution >= 0.6 is 11.3 Å². The highest BCUT2D eigenvalue weighted by Gasteiger charge is 2.34. The zero-order chi connectivity index (χ0) is 13.1. The molecule has 2 N–H and O–H groups in total. The van der Waals surface area contributed by atoms with Gasteiger partial charge < -0.3 is 15.4 Å². The van der Waals surface area contributed by atoms with Crippen LogP contribution in [0.2, 0.25) is 0 Å². The van der Waals surface area contributed by atoms with Crippen molar-refractivity contribution >= 4 is 11.3 Å². The molecule has 1 saturated carbocycles. The van der Waals surface area contributed by atoms with Crippen molar-refractivity contribution in [3.63, 3.8) is 0 Å². The predicted molar refractivity (Wildman–Crippen MR) is 77.4 cm³/mol. The molecular formula is C14H23N3OS. The van der Waals surface area contributed by atoms with Crippen LogP contribution in [-0.4, -0.2) is 36.8 Å². The number of thiazole rings is 1. The second-order valence-electron chi connectivity index (χ2n) is 5.56. The standard InChI is InChI=1S/C14H23N3OS/c1-10-16-7-11(19-10)8-17-13-4-2-3-12(13)14-9-18-6-5-15-14/h7,12-15,17H,2-6,8-9H2,1H3. The maximum atomic E-state index is 5.61. The summed E-state index contributed by atoms with van der Waals surface area (Å²) < 4.78 is 5.61. The van der Waals surface area contributed by atoms with Crippen molar-refractivity contribution in [1.29, 1.82) is 0 Å². The Morgan fingerprint density at radius 2 is 2.47 bits per heavy atom. The lowest BCUT2D eigenvalue weighted by Crippen LogP contribution is -2.50. The van der Waals surface area contributed by atoms with E-state index in [1.54, 1.807) is 11.3 Å². The molecule has 0 radical (unpaired) electrons. The molecule has 1 aliphatic heterocycles. The molecule has 0 spiro atoms. The zero-order valence-corrected chi connectivity index (χ0v) is 12.3. The maximum absolute atomic E-state index is 5.61. The smallest absolute Gasteiger partial charge is 0.0897 e. The first-order valence-electron chi connectivity index (χ1n) is 7.29. The molecule has 1 aromatic heterocycles. The van der Waals surface area contributed by atoms with Crippen LogP contribution in [0.5, 0.6) is 0 Å². The number of ether oxygens (including phenoxy) is 1. The van der Waals surface area contributed by atoms with Gasteiger partial charge in [0.1, 0.15) is 0 Å². The summed E-state index contributed by atoms with van der Waals surface area (Å²) in [5.74, 6) is 0.717. The third-order valence-electron chi connectivity index (χ3n) is 4.24. The third-order valence-corrected chi connectivity index (χ3v) is 5.16. The number of aryl methyl sites for hydroxylation is 1. The van der Waals surface area contributed by atoms with E-state index >= 15 is 0 Å². The van der Waals surface area contributed by atoms with Crippen molar-refractivity contribution in [3.05, 3.63) is 16.1 Å². The second-order valence-corrected chi connectivity index (χ2v) is 6.88. The highest BCUT2D eigenvalue weighted by molar-refractivity contribution is 7.11. The normalized spacial score (nSPS) is 31.7. The monoisotopic (exact) mass is 281 g/mol. The average molecular weight is 281 g/mol. The molecule has 1 aliphatic carbocycles. The van der Waals surface area contributed by atoms with Gasteiger partial charge in [-0.15, -0.1) is 11.3 Å². The summed E-state index contributed by atoms with van der Waals surface area (Å²) in [6.45, 7) is 5.77. The molecule has 1 aromatic rings. The van der Waals surface area contributed by atoms with E-state index in [0.717, 1.165) is 31.3 Å². The Kier molecular flexibility index (Phi) is 4.48. The second kappa shape index (κ2) is 6.31. The minimum atomic E-state index is 0.539. The Hall–Kier alpha value is -0.490. The van der Waals surface area contributed by atoms with Crippen molar-refractivity contribution in [2.24, 2.45) is 5.92 Å². The summed E-state index contributed by atoms with van der Waals surface area (Å²) in [6, 6.07) is 1.17. The van der Waals surface area contributed by atoms with E-state index in [4.69, 9.17) is 4.74 Å². The molecule has 0 bridgehead atoms. The van der Waals surface area contributed by atoms with Crippen LogP contribution in [0, 0.1) is 12.8 Å². The van der Waals surface area contributed by atoms with Crippen LogP contribution < -0.4 is 10.6 Å². The summed E-state index contributed by atoms with van der Waals surface area (Å²) in [7, 11) is 0. The molecule has 0 aromatic carbocycles. The molecule has 1 saturated heterocycles. The molecule has 4 nitrogen and oxygen atoms in total. The fraction of sp³-hybridized carbons (Fsp3) is 0.786. The Balaban J connectivity index is 1.54. The molecule has 106 valence electrons. The fourth-order valence-electron chi connectivity index (χ4n) is 3.30. The SMILES string of the molecule is Cc1ncc(CNC2CCCC2C2COCCN2)s1. The van der Waals surface area contributed by atoms with Crippen molar-refractivity contribution in [2.45, 2.75) is 44.8 Å². The van der Waals surface area contributed by atoms with Crippen molar-refractivity contribution in [1.82, 2.24) is 15.6 Å². The first-order chi connectivity index (χ1) is 9.33. The highest BCUT2D eigenvalue weighted by atomic mass is 32.1. The van der Waals surface area contributed by atoms with Gasteiger partial charge in [0.15, 0.2) is 0 Å². The van der Waals surface area contributed by atoms with Gasteiger partial charge >= 0.3 is 0 Å². The van der Waals surface area contributed by atoms with Gasteiger partial charge in [-0.25, -0.2) is 4.98 Å². The molecule has 19 heavy (non-hydrogen) atoms. The minimum absolute atomic E-state index is 0.539. The van der Waals surface area contributed by atoms with Gasteiger partial charge in [0, 0.05) is 36.2 Å². The molecule has 3 unspecified atom stereocenters. The van der Waals surface area contributed by atoms with Crippen LogP contribution in [0.4, 0.5) is 0 Å². The predicted octanol–water partition coefficient (Wildman–Crippen LogP) is 1.70. The third kappa shape index (κ3) is 3.34. The molecule has 0 amide bonds. The number of aromatic nitrogens is 1. The number of hydrogen-bond acceptors (Lipinski definition) is 5. The van der Waals surface area contributed by atoms with Crippen molar-refractivity contribution < 1.29 is 4.74 Å². The van der Waals surface area contributed by atoms with E-state index < -0.39 is 0 Å². The first-order valence-corrected chi connectivity index (χ1v) is 8.10. The summed E-state index contributed by atoms with van der Waals surface area (Å²) in [5.41, 5.74) is 0. The van der Waals surface area contributed by atoms with E-state index in [9.17, 15) is 0 Å². The zero-order valence-electron chi connectivity index (χ0n) is 11.5. The van der Waals surface area contributed by atoms with Crippen LogP contribution in [0.25, 0.3) is 0 Å². The molecule has 2 aliphatic rings. The Morgan fingerprint density at radius 1 is 1.53 bits per heavy atom.